The molecule has 1 aromatic carbocycles. The molecule has 0 amide bonds. The van der Waals surface area contributed by atoms with Crippen LogP contribution in [0.15, 0.2) is 18.2 Å². The van der Waals surface area contributed by atoms with Crippen molar-refractivity contribution in [2.45, 2.75) is 19.4 Å². The van der Waals surface area contributed by atoms with Gasteiger partial charge in [-0.3, -0.25) is 0 Å². The van der Waals surface area contributed by atoms with E-state index in [2.05, 4.69) is 10.2 Å². The van der Waals surface area contributed by atoms with Gasteiger partial charge in [-0.15, -0.1) is 0 Å². The third kappa shape index (κ3) is 4.08. The van der Waals surface area contributed by atoms with Crippen molar-refractivity contribution in [3.8, 4) is 5.75 Å². The van der Waals surface area contributed by atoms with Crippen LogP contribution in [0.4, 0.5) is 10.1 Å². The van der Waals surface area contributed by atoms with E-state index in [1.54, 1.807) is 19.2 Å². The molecule has 4 nitrogen and oxygen atoms in total. The molecule has 1 aliphatic rings. The Balaban J connectivity index is 2.18. The van der Waals surface area contributed by atoms with E-state index in [0.717, 1.165) is 44.0 Å². The maximum Gasteiger partial charge on any atom is 0.143 e. The second-order valence-electron chi connectivity index (χ2n) is 5.09. The van der Waals surface area contributed by atoms with E-state index in [-0.39, 0.29) is 11.9 Å². The van der Waals surface area contributed by atoms with E-state index in [1.807, 2.05) is 6.92 Å². The SMILES string of the molecule is COCC(C)Oc1ccc(F)cc1N1CCCNCC1. The summed E-state index contributed by atoms with van der Waals surface area (Å²) in [5.74, 6) is 0.488. The second kappa shape index (κ2) is 7.45. The van der Waals surface area contributed by atoms with Gasteiger partial charge in [0.05, 0.1) is 12.3 Å². The van der Waals surface area contributed by atoms with Gasteiger partial charge in [0.25, 0.3) is 0 Å². The summed E-state index contributed by atoms with van der Waals surface area (Å²) in [6.45, 7) is 6.13. The first-order chi connectivity index (χ1) is 9.70. The molecule has 1 aromatic rings. The van der Waals surface area contributed by atoms with Gasteiger partial charge < -0.3 is 19.7 Å². The van der Waals surface area contributed by atoms with Gasteiger partial charge >= 0.3 is 0 Å². The van der Waals surface area contributed by atoms with Crippen molar-refractivity contribution in [3.05, 3.63) is 24.0 Å². The molecule has 112 valence electrons. The van der Waals surface area contributed by atoms with Gasteiger partial charge in [0.2, 0.25) is 0 Å². The molecule has 1 N–H and O–H groups in total. The third-order valence-electron chi connectivity index (χ3n) is 3.33. The number of benzene rings is 1. The van der Waals surface area contributed by atoms with Crippen LogP contribution < -0.4 is 15.0 Å². The molecule has 0 bridgehead atoms. The predicted molar refractivity (Wildman–Crippen MR) is 78.1 cm³/mol. The van der Waals surface area contributed by atoms with E-state index in [4.69, 9.17) is 9.47 Å². The van der Waals surface area contributed by atoms with E-state index < -0.39 is 0 Å². The van der Waals surface area contributed by atoms with Crippen molar-refractivity contribution >= 4 is 5.69 Å². The van der Waals surface area contributed by atoms with Crippen molar-refractivity contribution in [3.63, 3.8) is 0 Å². The number of rotatable bonds is 5. The molecule has 0 aliphatic carbocycles. The summed E-state index contributed by atoms with van der Waals surface area (Å²) in [6.07, 6.45) is 0.984. The number of nitrogens with one attached hydrogen (secondary N) is 1. The molecule has 2 rings (SSSR count). The Morgan fingerprint density at radius 2 is 2.20 bits per heavy atom. The van der Waals surface area contributed by atoms with Gasteiger partial charge in [-0.2, -0.15) is 0 Å². The largest absolute Gasteiger partial charge is 0.486 e. The Hall–Kier alpha value is -1.33. The first kappa shape index (κ1) is 15.1. The number of anilines is 1. The van der Waals surface area contributed by atoms with Crippen LogP contribution in [-0.4, -0.2) is 46.0 Å². The van der Waals surface area contributed by atoms with E-state index >= 15 is 0 Å². The monoisotopic (exact) mass is 282 g/mol. The lowest BCUT2D eigenvalue weighted by Crippen LogP contribution is -2.29. The molecule has 20 heavy (non-hydrogen) atoms. The highest BCUT2D eigenvalue weighted by Crippen LogP contribution is 2.30. The fourth-order valence-corrected chi connectivity index (χ4v) is 2.41. The summed E-state index contributed by atoms with van der Waals surface area (Å²) in [6, 6.07) is 4.70. The molecular formula is C15H23FN2O2. The molecule has 1 aliphatic heterocycles. The number of hydrogen-bond donors (Lipinski definition) is 1. The van der Waals surface area contributed by atoms with Gasteiger partial charge in [0.15, 0.2) is 0 Å². The zero-order valence-corrected chi connectivity index (χ0v) is 12.2. The minimum Gasteiger partial charge on any atom is -0.486 e. The first-order valence-electron chi connectivity index (χ1n) is 7.11. The molecule has 5 heteroatoms. The fourth-order valence-electron chi connectivity index (χ4n) is 2.41. The van der Waals surface area contributed by atoms with Gasteiger partial charge in [-0.25, -0.2) is 4.39 Å². The van der Waals surface area contributed by atoms with Crippen LogP contribution in [0.1, 0.15) is 13.3 Å². The van der Waals surface area contributed by atoms with Crippen LogP contribution in [0.3, 0.4) is 0 Å². The Bertz CT molecular complexity index is 420. The second-order valence-corrected chi connectivity index (χ2v) is 5.09. The van der Waals surface area contributed by atoms with Crippen molar-refractivity contribution in [1.29, 1.82) is 0 Å². The highest BCUT2D eigenvalue weighted by Gasteiger charge is 2.16. The van der Waals surface area contributed by atoms with Gasteiger partial charge in [-0.05, 0) is 32.0 Å². The molecule has 1 saturated heterocycles. The van der Waals surface area contributed by atoms with E-state index in [1.165, 1.54) is 6.07 Å². The lowest BCUT2D eigenvalue weighted by Gasteiger charge is -2.26. The molecule has 0 spiro atoms. The Morgan fingerprint density at radius 1 is 1.35 bits per heavy atom. The zero-order chi connectivity index (χ0) is 14.4. The lowest BCUT2D eigenvalue weighted by atomic mass is 10.2. The van der Waals surface area contributed by atoms with Crippen LogP contribution in [0, 0.1) is 5.82 Å². The fraction of sp³-hybridized carbons (Fsp3) is 0.600. The summed E-state index contributed by atoms with van der Waals surface area (Å²) < 4.78 is 24.5. The summed E-state index contributed by atoms with van der Waals surface area (Å²) in [5.41, 5.74) is 0.830. The topological polar surface area (TPSA) is 33.7 Å². The number of methoxy groups -OCH3 is 1. The molecular weight excluding hydrogens is 259 g/mol. The van der Waals surface area contributed by atoms with Crippen molar-refractivity contribution < 1.29 is 13.9 Å². The quantitative estimate of drug-likeness (QED) is 0.896. The maximum absolute atomic E-state index is 13.6. The van der Waals surface area contributed by atoms with E-state index in [0.29, 0.717) is 6.61 Å². The summed E-state index contributed by atoms with van der Waals surface area (Å²) >= 11 is 0. The van der Waals surface area contributed by atoms with Gasteiger partial charge in [0.1, 0.15) is 17.7 Å². The van der Waals surface area contributed by atoms with Crippen LogP contribution in [0.25, 0.3) is 0 Å². The molecule has 1 heterocycles. The van der Waals surface area contributed by atoms with E-state index in [9.17, 15) is 4.39 Å². The minimum atomic E-state index is -0.232. The van der Waals surface area contributed by atoms with Crippen molar-refractivity contribution in [2.24, 2.45) is 0 Å². The average molecular weight is 282 g/mol. The molecule has 1 fully saturated rings. The maximum atomic E-state index is 13.6. The Labute approximate surface area is 119 Å². The highest BCUT2D eigenvalue weighted by atomic mass is 19.1. The Kier molecular flexibility index (Phi) is 5.61. The average Bonchev–Trinajstić information content (AvgIpc) is 2.70. The lowest BCUT2D eigenvalue weighted by molar-refractivity contribution is 0.0923. The number of ether oxygens (including phenoxy) is 2. The third-order valence-corrected chi connectivity index (χ3v) is 3.33. The first-order valence-corrected chi connectivity index (χ1v) is 7.11. The normalized spacial score (nSPS) is 17.6. The molecule has 0 aromatic heterocycles. The van der Waals surface area contributed by atoms with Crippen molar-refractivity contribution in [1.82, 2.24) is 5.32 Å². The molecule has 0 saturated carbocycles. The summed E-state index contributed by atoms with van der Waals surface area (Å²) in [7, 11) is 1.64. The summed E-state index contributed by atoms with van der Waals surface area (Å²) in [5, 5.41) is 3.35. The molecule has 1 unspecified atom stereocenters. The Morgan fingerprint density at radius 3 is 3.00 bits per heavy atom. The number of nitrogens with zero attached hydrogens (tertiary/aromatic N) is 1. The predicted octanol–water partition coefficient (Wildman–Crippen LogP) is 2.04. The van der Waals surface area contributed by atoms with Gasteiger partial charge in [-0.1, -0.05) is 0 Å². The van der Waals surface area contributed by atoms with Crippen LogP contribution in [0.5, 0.6) is 5.75 Å². The van der Waals surface area contributed by atoms with Crippen LogP contribution in [0.2, 0.25) is 0 Å². The van der Waals surface area contributed by atoms with Crippen LogP contribution >= 0.6 is 0 Å². The smallest absolute Gasteiger partial charge is 0.143 e. The van der Waals surface area contributed by atoms with Crippen LogP contribution in [-0.2, 0) is 4.74 Å². The molecule has 1 atom stereocenters. The summed E-state index contributed by atoms with van der Waals surface area (Å²) in [4.78, 5) is 2.18. The van der Waals surface area contributed by atoms with Crippen molar-refractivity contribution in [2.75, 3.05) is 44.8 Å². The molecule has 0 radical (unpaired) electrons. The minimum absolute atomic E-state index is 0.0608. The highest BCUT2D eigenvalue weighted by molar-refractivity contribution is 5.59. The number of hydrogen-bond acceptors (Lipinski definition) is 4. The zero-order valence-electron chi connectivity index (χ0n) is 12.2. The van der Waals surface area contributed by atoms with Gasteiger partial charge in [0, 0.05) is 32.8 Å². The number of halogens is 1. The standard InChI is InChI=1S/C15H23FN2O2/c1-12(11-19-2)20-15-5-4-13(16)10-14(15)18-8-3-6-17-7-9-18/h4-5,10,12,17H,3,6-9,11H2,1-2H3.